The summed E-state index contributed by atoms with van der Waals surface area (Å²) in [6.45, 7) is 11.8. The third-order valence-corrected chi connectivity index (χ3v) is 5.67. The molecule has 5 heteroatoms. The van der Waals surface area contributed by atoms with Gasteiger partial charge in [0, 0.05) is 37.4 Å². The summed E-state index contributed by atoms with van der Waals surface area (Å²) in [4.78, 5) is 17.2. The van der Waals surface area contributed by atoms with E-state index in [4.69, 9.17) is 0 Å². The van der Waals surface area contributed by atoms with Crippen molar-refractivity contribution in [3.63, 3.8) is 0 Å². The van der Waals surface area contributed by atoms with Crippen LogP contribution in [0.1, 0.15) is 61.0 Å². The van der Waals surface area contributed by atoms with Crippen LogP contribution in [0.4, 0.5) is 15.8 Å². The van der Waals surface area contributed by atoms with Crippen molar-refractivity contribution in [1.82, 2.24) is 4.90 Å². The fourth-order valence-electron chi connectivity index (χ4n) is 3.83. The minimum Gasteiger partial charge on any atom is -0.367 e. The lowest BCUT2D eigenvalue weighted by Gasteiger charge is -2.34. The van der Waals surface area contributed by atoms with Gasteiger partial charge in [-0.3, -0.25) is 4.79 Å². The molecule has 29 heavy (non-hydrogen) atoms. The Morgan fingerprint density at radius 1 is 0.966 bits per heavy atom. The molecule has 4 nitrogen and oxygen atoms in total. The number of anilines is 2. The highest BCUT2D eigenvalue weighted by Crippen LogP contribution is 2.33. The number of halogens is 1. The molecule has 1 N–H and O–H groups in total. The quantitative estimate of drug-likeness (QED) is 0.764. The van der Waals surface area contributed by atoms with Crippen molar-refractivity contribution in [2.75, 3.05) is 43.4 Å². The van der Waals surface area contributed by atoms with E-state index in [1.807, 2.05) is 23.1 Å². The molecule has 1 fully saturated rings. The number of hydrogen-bond acceptors (Lipinski definition) is 3. The fraction of sp³-hybridized carbons (Fsp3) is 0.458. The van der Waals surface area contributed by atoms with Gasteiger partial charge < -0.3 is 15.1 Å². The number of amides is 1. The van der Waals surface area contributed by atoms with Gasteiger partial charge >= 0.3 is 0 Å². The summed E-state index contributed by atoms with van der Waals surface area (Å²) in [7, 11) is 2.07. The Bertz CT molecular complexity index is 844. The predicted octanol–water partition coefficient (Wildman–Crippen LogP) is 5.08. The van der Waals surface area contributed by atoms with Gasteiger partial charge in [-0.15, -0.1) is 0 Å². The van der Waals surface area contributed by atoms with Crippen LogP contribution in [0, 0.1) is 5.82 Å². The zero-order valence-electron chi connectivity index (χ0n) is 18.1. The Labute approximate surface area is 173 Å². The SMILES string of the molecule is CC(C)c1cccc(C(C)C)c1NC(=O)c1ccc(N2CCN(C)CC2)c(F)c1. The number of benzene rings is 2. The van der Waals surface area contributed by atoms with Gasteiger partial charge in [-0.2, -0.15) is 0 Å². The topological polar surface area (TPSA) is 35.6 Å². The maximum atomic E-state index is 14.8. The van der Waals surface area contributed by atoms with E-state index in [1.54, 1.807) is 12.1 Å². The number of nitrogens with zero attached hydrogens (tertiary/aromatic N) is 2. The van der Waals surface area contributed by atoms with Crippen LogP contribution in [-0.2, 0) is 0 Å². The highest BCUT2D eigenvalue weighted by atomic mass is 19.1. The molecule has 0 saturated carbocycles. The second-order valence-electron chi connectivity index (χ2n) is 8.53. The number of rotatable bonds is 5. The zero-order chi connectivity index (χ0) is 21.1. The number of hydrogen-bond donors (Lipinski definition) is 1. The first-order chi connectivity index (χ1) is 13.8. The lowest BCUT2D eigenvalue weighted by atomic mass is 9.92. The smallest absolute Gasteiger partial charge is 0.255 e. The number of piperazine rings is 1. The van der Waals surface area contributed by atoms with E-state index in [1.165, 1.54) is 6.07 Å². The molecule has 0 atom stereocenters. The van der Waals surface area contributed by atoms with Gasteiger partial charge in [0.1, 0.15) is 5.82 Å². The second-order valence-corrected chi connectivity index (χ2v) is 8.53. The minimum atomic E-state index is -0.344. The molecule has 0 unspecified atom stereocenters. The highest BCUT2D eigenvalue weighted by Gasteiger charge is 2.20. The summed E-state index contributed by atoms with van der Waals surface area (Å²) in [5.74, 6) is -0.0621. The van der Waals surface area contributed by atoms with Crippen LogP contribution in [0.25, 0.3) is 0 Å². The molecule has 2 aromatic rings. The van der Waals surface area contributed by atoms with Crippen molar-refractivity contribution >= 4 is 17.3 Å². The summed E-state index contributed by atoms with van der Waals surface area (Å²) in [5.41, 5.74) is 3.96. The molecule has 0 aliphatic carbocycles. The lowest BCUT2D eigenvalue weighted by molar-refractivity contribution is 0.102. The summed E-state index contributed by atoms with van der Waals surface area (Å²) in [6.07, 6.45) is 0. The van der Waals surface area contributed by atoms with Crippen LogP contribution in [-0.4, -0.2) is 44.0 Å². The molecule has 0 aromatic heterocycles. The van der Waals surface area contributed by atoms with Gasteiger partial charge in [0.25, 0.3) is 5.91 Å². The number of carbonyl (C=O) groups is 1. The van der Waals surface area contributed by atoms with Crippen molar-refractivity contribution in [3.05, 3.63) is 58.9 Å². The molecular weight excluding hydrogens is 365 g/mol. The first kappa shape index (κ1) is 21.3. The van der Waals surface area contributed by atoms with E-state index >= 15 is 0 Å². The van der Waals surface area contributed by atoms with Crippen LogP contribution in [0.5, 0.6) is 0 Å². The van der Waals surface area contributed by atoms with E-state index < -0.39 is 0 Å². The van der Waals surface area contributed by atoms with Gasteiger partial charge in [0.05, 0.1) is 5.69 Å². The Morgan fingerprint density at radius 2 is 1.55 bits per heavy atom. The third kappa shape index (κ3) is 4.78. The highest BCUT2D eigenvalue weighted by molar-refractivity contribution is 6.05. The molecule has 1 saturated heterocycles. The number of likely N-dealkylation sites (N-methyl/N-ethyl adjacent to an activating group) is 1. The average molecular weight is 398 g/mol. The number of carbonyl (C=O) groups excluding carboxylic acids is 1. The van der Waals surface area contributed by atoms with Crippen LogP contribution in [0.15, 0.2) is 36.4 Å². The average Bonchev–Trinajstić information content (AvgIpc) is 2.68. The molecule has 1 amide bonds. The lowest BCUT2D eigenvalue weighted by Crippen LogP contribution is -2.44. The summed E-state index contributed by atoms with van der Waals surface area (Å²) < 4.78 is 14.8. The molecule has 1 heterocycles. The number of para-hydroxylation sites is 1. The van der Waals surface area contributed by atoms with Gasteiger partial charge in [-0.05, 0) is 48.2 Å². The van der Waals surface area contributed by atoms with Crippen molar-refractivity contribution in [2.24, 2.45) is 0 Å². The first-order valence-corrected chi connectivity index (χ1v) is 10.4. The van der Waals surface area contributed by atoms with Crippen molar-refractivity contribution in [3.8, 4) is 0 Å². The maximum Gasteiger partial charge on any atom is 0.255 e. The standard InChI is InChI=1S/C24H32FN3O/c1-16(2)19-7-6-8-20(17(3)4)23(19)26-24(29)18-9-10-22(21(25)15-18)28-13-11-27(5)12-14-28/h6-10,15-17H,11-14H2,1-5H3,(H,26,29). The van der Waals surface area contributed by atoms with Crippen LogP contribution in [0.3, 0.4) is 0 Å². The molecule has 0 bridgehead atoms. The maximum absolute atomic E-state index is 14.8. The fourth-order valence-corrected chi connectivity index (χ4v) is 3.83. The molecule has 0 spiro atoms. The zero-order valence-corrected chi connectivity index (χ0v) is 18.1. The molecule has 1 aliphatic rings. The van der Waals surface area contributed by atoms with Gasteiger partial charge in [0.2, 0.25) is 0 Å². The van der Waals surface area contributed by atoms with E-state index in [0.717, 1.165) is 43.0 Å². The number of nitrogens with one attached hydrogen (secondary N) is 1. The molecule has 3 rings (SSSR count). The summed E-state index contributed by atoms with van der Waals surface area (Å²) >= 11 is 0. The Morgan fingerprint density at radius 3 is 2.07 bits per heavy atom. The van der Waals surface area contributed by atoms with Crippen molar-refractivity contribution in [1.29, 1.82) is 0 Å². The largest absolute Gasteiger partial charge is 0.367 e. The van der Waals surface area contributed by atoms with E-state index in [0.29, 0.717) is 11.3 Å². The minimum absolute atomic E-state index is 0.274. The molecular formula is C24H32FN3O. The Kier molecular flexibility index (Phi) is 6.58. The Hall–Kier alpha value is -2.40. The van der Waals surface area contributed by atoms with Crippen LogP contribution in [0.2, 0.25) is 0 Å². The van der Waals surface area contributed by atoms with Crippen LogP contribution >= 0.6 is 0 Å². The van der Waals surface area contributed by atoms with E-state index in [2.05, 4.69) is 45.0 Å². The van der Waals surface area contributed by atoms with E-state index in [-0.39, 0.29) is 23.6 Å². The Balaban J connectivity index is 1.84. The van der Waals surface area contributed by atoms with Crippen LogP contribution < -0.4 is 10.2 Å². The summed E-state index contributed by atoms with van der Waals surface area (Å²) in [5, 5.41) is 3.06. The first-order valence-electron chi connectivity index (χ1n) is 10.4. The van der Waals surface area contributed by atoms with Gasteiger partial charge in [0.15, 0.2) is 0 Å². The second kappa shape index (κ2) is 8.95. The monoisotopic (exact) mass is 397 g/mol. The third-order valence-electron chi connectivity index (χ3n) is 5.67. The van der Waals surface area contributed by atoms with Crippen molar-refractivity contribution < 1.29 is 9.18 Å². The van der Waals surface area contributed by atoms with Crippen molar-refractivity contribution in [2.45, 2.75) is 39.5 Å². The molecule has 156 valence electrons. The van der Waals surface area contributed by atoms with E-state index in [9.17, 15) is 9.18 Å². The molecule has 0 radical (unpaired) electrons. The molecule has 1 aliphatic heterocycles. The predicted molar refractivity (Wildman–Crippen MR) is 119 cm³/mol. The van der Waals surface area contributed by atoms with Gasteiger partial charge in [-0.25, -0.2) is 4.39 Å². The van der Waals surface area contributed by atoms with Gasteiger partial charge in [-0.1, -0.05) is 45.9 Å². The molecule has 2 aromatic carbocycles. The normalized spacial score (nSPS) is 15.2. The summed E-state index contributed by atoms with van der Waals surface area (Å²) in [6, 6.07) is 10.9.